The summed E-state index contributed by atoms with van der Waals surface area (Å²) >= 11 is 0. The van der Waals surface area contributed by atoms with Gasteiger partial charge in [-0.3, -0.25) is 9.59 Å². The molecule has 0 aliphatic rings. The number of nitrogens with one attached hydrogen (secondary N) is 1. The molecule has 2 unspecified atom stereocenters. The predicted octanol–water partition coefficient (Wildman–Crippen LogP) is 26.8. The molecule has 6 nitrogen and oxygen atoms in total. The Hall–Kier alpha value is -2.18. The number of amides is 1. The van der Waals surface area contributed by atoms with E-state index >= 15 is 0 Å². The van der Waals surface area contributed by atoms with Crippen LogP contribution >= 0.6 is 0 Å². The van der Waals surface area contributed by atoms with Crippen molar-refractivity contribution < 1.29 is 24.5 Å². The molecule has 0 radical (unpaired) electrons. The Morgan fingerprint density at radius 3 is 0.865 bits per heavy atom. The van der Waals surface area contributed by atoms with Gasteiger partial charge in [-0.25, -0.2) is 0 Å². The fourth-order valence-electron chi connectivity index (χ4n) is 12.7. The molecule has 0 bridgehead atoms. The molecule has 0 rings (SSSR count). The van der Waals surface area contributed by atoms with Crippen molar-refractivity contribution in [1.82, 2.24) is 5.32 Å². The first-order chi connectivity index (χ1) is 44.0. The first-order valence-corrected chi connectivity index (χ1v) is 40.4. The third kappa shape index (κ3) is 74.7. The van der Waals surface area contributed by atoms with Crippen molar-refractivity contribution in [1.29, 1.82) is 0 Å². The Labute approximate surface area is 556 Å². The molecule has 3 N–H and O–H groups in total. The van der Waals surface area contributed by atoms with Crippen molar-refractivity contribution >= 4 is 11.9 Å². The van der Waals surface area contributed by atoms with E-state index in [1.54, 1.807) is 0 Å². The lowest BCUT2D eigenvalue weighted by molar-refractivity contribution is -0.143. The molecule has 6 heteroatoms. The third-order valence-corrected chi connectivity index (χ3v) is 18.9. The average Bonchev–Trinajstić information content (AvgIpc) is 3.60. The Balaban J connectivity index is 3.39. The van der Waals surface area contributed by atoms with Crippen molar-refractivity contribution in [3.63, 3.8) is 0 Å². The van der Waals surface area contributed by atoms with Crippen LogP contribution in [-0.2, 0) is 14.3 Å². The van der Waals surface area contributed by atoms with Crippen LogP contribution in [0.1, 0.15) is 444 Å². The number of esters is 1. The van der Waals surface area contributed by atoms with Crippen LogP contribution in [0.3, 0.4) is 0 Å². The van der Waals surface area contributed by atoms with Gasteiger partial charge < -0.3 is 20.3 Å². The summed E-state index contributed by atoms with van der Waals surface area (Å²) in [6.45, 7) is 4.97. The summed E-state index contributed by atoms with van der Waals surface area (Å²) in [5, 5.41) is 23.5. The zero-order chi connectivity index (χ0) is 64.2. The maximum absolute atomic E-state index is 12.6. The van der Waals surface area contributed by atoms with Crippen LogP contribution in [0.4, 0.5) is 0 Å². The summed E-state index contributed by atoms with van der Waals surface area (Å²) in [5.41, 5.74) is 0. The number of allylic oxidation sites excluding steroid dienone is 8. The topological polar surface area (TPSA) is 95.9 Å². The normalized spacial score (nSPS) is 12.7. The predicted molar refractivity (Wildman–Crippen MR) is 393 cm³/mol. The molecule has 0 fully saturated rings. The summed E-state index contributed by atoms with van der Waals surface area (Å²) in [7, 11) is 0. The number of hydrogen-bond acceptors (Lipinski definition) is 5. The van der Waals surface area contributed by atoms with Crippen LogP contribution in [0, 0.1) is 0 Å². The van der Waals surface area contributed by atoms with Crippen molar-refractivity contribution in [2.75, 3.05) is 13.2 Å². The Morgan fingerprint density at radius 2 is 0.562 bits per heavy atom. The number of hydrogen-bond donors (Lipinski definition) is 3. The molecule has 2 atom stereocenters. The number of rotatable bonds is 76. The third-order valence-electron chi connectivity index (χ3n) is 18.9. The first kappa shape index (κ1) is 86.8. The summed E-state index contributed by atoms with van der Waals surface area (Å²) in [6.07, 6.45) is 103. The van der Waals surface area contributed by atoms with Gasteiger partial charge in [0, 0.05) is 12.8 Å². The molecular formula is C83H157NO5. The van der Waals surface area contributed by atoms with Gasteiger partial charge in [0.1, 0.15) is 0 Å². The van der Waals surface area contributed by atoms with E-state index in [2.05, 4.69) is 67.8 Å². The molecule has 0 aliphatic carbocycles. The van der Waals surface area contributed by atoms with Crippen molar-refractivity contribution in [3.8, 4) is 0 Å². The molecule has 0 aromatic carbocycles. The molecule has 0 heterocycles. The minimum atomic E-state index is -0.666. The SMILES string of the molecule is CCCCCC/C=C\C/C=C\CCCCCCCCCC(=O)OCCCCCCCCCCC/C=C\C/C=C\CCCCCCCCCCCCCCCCCC(=O)NC(CO)C(O)CCCCCCCCCCCCCCCCCCCCCCCCC. The minimum Gasteiger partial charge on any atom is -0.466 e. The average molecular weight is 1250 g/mol. The van der Waals surface area contributed by atoms with Gasteiger partial charge in [0.2, 0.25) is 5.91 Å². The Bertz CT molecular complexity index is 1490. The van der Waals surface area contributed by atoms with Gasteiger partial charge in [0.05, 0.1) is 25.4 Å². The highest BCUT2D eigenvalue weighted by Gasteiger charge is 2.20. The number of aliphatic hydroxyl groups is 2. The van der Waals surface area contributed by atoms with Gasteiger partial charge in [-0.2, -0.15) is 0 Å². The zero-order valence-electron chi connectivity index (χ0n) is 60.2. The molecule has 89 heavy (non-hydrogen) atoms. The number of aliphatic hydroxyl groups excluding tert-OH is 2. The summed E-state index contributed by atoms with van der Waals surface area (Å²) in [4.78, 5) is 24.7. The Morgan fingerprint density at radius 1 is 0.315 bits per heavy atom. The van der Waals surface area contributed by atoms with Gasteiger partial charge in [-0.15, -0.1) is 0 Å². The maximum Gasteiger partial charge on any atom is 0.305 e. The second kappa shape index (κ2) is 78.3. The first-order valence-electron chi connectivity index (χ1n) is 40.4. The number of unbranched alkanes of at least 4 members (excludes halogenated alkanes) is 57. The maximum atomic E-state index is 12.6. The lowest BCUT2D eigenvalue weighted by atomic mass is 10.0. The van der Waals surface area contributed by atoms with Gasteiger partial charge in [0.15, 0.2) is 0 Å². The van der Waals surface area contributed by atoms with E-state index in [4.69, 9.17) is 4.74 Å². The number of carbonyl (C=O) groups is 2. The number of ether oxygens (including phenoxy) is 1. The highest BCUT2D eigenvalue weighted by Crippen LogP contribution is 2.20. The number of carbonyl (C=O) groups excluding carboxylic acids is 2. The lowest BCUT2D eigenvalue weighted by Crippen LogP contribution is -2.45. The smallest absolute Gasteiger partial charge is 0.305 e. The van der Waals surface area contributed by atoms with Gasteiger partial charge in [-0.05, 0) is 89.9 Å². The highest BCUT2D eigenvalue weighted by molar-refractivity contribution is 5.76. The van der Waals surface area contributed by atoms with Crippen molar-refractivity contribution in [2.45, 2.75) is 456 Å². The van der Waals surface area contributed by atoms with Crippen LogP contribution in [0.15, 0.2) is 48.6 Å². The van der Waals surface area contributed by atoms with Crippen molar-refractivity contribution in [2.24, 2.45) is 0 Å². The summed E-state index contributed by atoms with van der Waals surface area (Å²) in [5.74, 6) is -0.0230. The second-order valence-corrected chi connectivity index (χ2v) is 27.7. The van der Waals surface area contributed by atoms with E-state index in [0.717, 1.165) is 57.8 Å². The molecule has 1 amide bonds. The highest BCUT2D eigenvalue weighted by atomic mass is 16.5. The van der Waals surface area contributed by atoms with E-state index in [1.165, 1.54) is 353 Å². The molecule has 0 aromatic heterocycles. The van der Waals surface area contributed by atoms with E-state index in [9.17, 15) is 19.8 Å². The molecule has 0 aromatic rings. The minimum absolute atomic E-state index is 0.00646. The zero-order valence-corrected chi connectivity index (χ0v) is 60.2. The van der Waals surface area contributed by atoms with Gasteiger partial charge in [-0.1, -0.05) is 390 Å². The molecule has 0 spiro atoms. The van der Waals surface area contributed by atoms with Crippen molar-refractivity contribution in [3.05, 3.63) is 48.6 Å². The fourth-order valence-corrected chi connectivity index (χ4v) is 12.7. The Kier molecular flexibility index (Phi) is 76.3. The van der Waals surface area contributed by atoms with Gasteiger partial charge in [0.25, 0.3) is 0 Å². The van der Waals surface area contributed by atoms with Gasteiger partial charge >= 0.3 is 5.97 Å². The van der Waals surface area contributed by atoms with Crippen LogP contribution in [0.5, 0.6) is 0 Å². The fraction of sp³-hybridized carbons (Fsp3) is 0.880. The van der Waals surface area contributed by atoms with Crippen LogP contribution in [0.25, 0.3) is 0 Å². The quantitative estimate of drug-likeness (QED) is 0.0320. The standard InChI is InChI=1S/C83H157NO5/c1-3-5-7-9-11-13-15-17-19-21-23-24-34-37-40-43-47-51-55-59-63-67-71-75-81(86)80(79-85)84-82(87)76-72-68-64-60-56-52-48-44-41-38-35-32-30-28-26-25-27-29-31-33-36-39-42-46-50-54-58-62-66-70-74-78-89-83(88)77-73-69-65-61-57-53-49-45-22-20-18-16-14-12-10-8-6-4-2/h14,16,20,22,27,29,33,36,80-81,85-86H,3-13,15,17-19,21,23-26,28,30-32,34-35,37-79H2,1-2H3,(H,84,87)/b16-14-,22-20-,29-27-,36-33-. The van der Waals surface area contributed by atoms with Crippen LogP contribution in [0.2, 0.25) is 0 Å². The molecule has 0 saturated carbocycles. The van der Waals surface area contributed by atoms with Crippen LogP contribution < -0.4 is 5.32 Å². The molecular weight excluding hydrogens is 1090 g/mol. The second-order valence-electron chi connectivity index (χ2n) is 27.7. The van der Waals surface area contributed by atoms with E-state index in [-0.39, 0.29) is 18.5 Å². The van der Waals surface area contributed by atoms with Crippen LogP contribution in [-0.4, -0.2) is 47.4 Å². The van der Waals surface area contributed by atoms with E-state index in [1.807, 2.05) is 0 Å². The van der Waals surface area contributed by atoms with E-state index < -0.39 is 12.1 Å². The largest absolute Gasteiger partial charge is 0.466 e. The summed E-state index contributed by atoms with van der Waals surface area (Å²) in [6, 6.07) is -0.543. The lowest BCUT2D eigenvalue weighted by Gasteiger charge is -2.22. The molecule has 0 aliphatic heterocycles. The summed E-state index contributed by atoms with van der Waals surface area (Å²) < 4.78 is 5.50. The molecule has 524 valence electrons. The molecule has 0 saturated heterocycles. The van der Waals surface area contributed by atoms with E-state index in [0.29, 0.717) is 25.9 Å². The monoisotopic (exact) mass is 1250 g/mol.